The fourth-order valence-corrected chi connectivity index (χ4v) is 6.53. The largest absolute Gasteiger partial charge is 0.477 e. The van der Waals surface area contributed by atoms with Gasteiger partial charge in [-0.3, -0.25) is 4.79 Å². The van der Waals surface area contributed by atoms with E-state index in [-0.39, 0.29) is 17.0 Å². The number of anilines is 2. The predicted octanol–water partition coefficient (Wildman–Crippen LogP) is 3.93. The van der Waals surface area contributed by atoms with Crippen molar-refractivity contribution in [1.82, 2.24) is 19.4 Å². The Morgan fingerprint density at radius 1 is 1.14 bits per heavy atom. The molecule has 3 aliphatic rings. The Bertz CT molecular complexity index is 1720. The summed E-state index contributed by atoms with van der Waals surface area (Å²) < 4.78 is 7.76. The van der Waals surface area contributed by atoms with Crippen LogP contribution in [-0.2, 0) is 0 Å². The summed E-state index contributed by atoms with van der Waals surface area (Å²) in [5.41, 5.74) is 1.15. The Morgan fingerprint density at radius 3 is 2.67 bits per heavy atom. The molecule has 1 aliphatic carbocycles. The fourth-order valence-electron chi connectivity index (χ4n) is 6.27. The number of benzene rings is 1. The van der Waals surface area contributed by atoms with Crippen molar-refractivity contribution in [2.45, 2.75) is 31.0 Å². The van der Waals surface area contributed by atoms with Crippen molar-refractivity contribution in [3.05, 3.63) is 81.9 Å². The zero-order chi connectivity index (χ0) is 29.1. The Labute approximate surface area is 247 Å². The van der Waals surface area contributed by atoms with Gasteiger partial charge in [0.25, 0.3) is 0 Å². The van der Waals surface area contributed by atoms with E-state index in [0.29, 0.717) is 46.7 Å². The van der Waals surface area contributed by atoms with E-state index in [2.05, 4.69) is 38.8 Å². The summed E-state index contributed by atoms with van der Waals surface area (Å²) in [4.78, 5) is 41.0. The number of hydrogen-bond donors (Lipinski definition) is 1. The second-order valence-corrected chi connectivity index (χ2v) is 12.0. The fraction of sp³-hybridized carbons (Fsp3) is 0.355. The third-order valence-electron chi connectivity index (χ3n) is 8.78. The second-order valence-electron chi connectivity index (χ2n) is 11.6. The topological polar surface area (TPSA) is 104 Å². The molecule has 2 saturated heterocycles. The smallest absolute Gasteiger partial charge is 0.341 e. The molecule has 1 aromatic carbocycles. The normalized spacial score (nSPS) is 21.5. The number of likely N-dealkylation sites (N-methyl/N-ethyl adjacent to an activating group) is 1. The van der Waals surface area contributed by atoms with Crippen molar-refractivity contribution in [3.63, 3.8) is 0 Å². The molecule has 2 aliphatic heterocycles. The standard InChI is InChI=1S/C31H31ClN6O4/c1-35(2)21-14-36(15-21)28-7-6-19(13-34-28)37-16-23(31(40)41)30(39)22-11-24(32)27(12-26(22)37)38-20(9-18-10-25(18)38)17-42-29-5-3-4-8-33-29/h3-8,11-13,16,18,20-21,25H,9-10,14-15,17H2,1-2H3,(H,40,41)/t18?,20-,25?/m1/s1. The molecule has 1 saturated carbocycles. The van der Waals surface area contributed by atoms with Gasteiger partial charge in [-0.1, -0.05) is 17.7 Å². The van der Waals surface area contributed by atoms with Crippen LogP contribution in [0.4, 0.5) is 11.5 Å². The molecule has 2 unspecified atom stereocenters. The number of carboxylic acid groups (broad SMARTS) is 1. The van der Waals surface area contributed by atoms with Crippen LogP contribution in [0.25, 0.3) is 16.6 Å². The van der Waals surface area contributed by atoms with E-state index in [1.807, 2.05) is 36.4 Å². The molecule has 10 nitrogen and oxygen atoms in total. The highest BCUT2D eigenvalue weighted by Crippen LogP contribution is 2.51. The minimum Gasteiger partial charge on any atom is -0.477 e. The van der Waals surface area contributed by atoms with Crippen molar-refractivity contribution in [2.75, 3.05) is 43.6 Å². The number of carboxylic acids is 1. The summed E-state index contributed by atoms with van der Waals surface area (Å²) in [6.45, 7) is 2.25. The summed E-state index contributed by atoms with van der Waals surface area (Å²) in [6, 6.07) is 13.9. The Morgan fingerprint density at radius 2 is 1.98 bits per heavy atom. The lowest BCUT2D eigenvalue weighted by Crippen LogP contribution is -2.57. The van der Waals surface area contributed by atoms with Crippen LogP contribution in [0.15, 0.2) is 65.8 Å². The number of nitrogens with zero attached hydrogens (tertiary/aromatic N) is 6. The van der Waals surface area contributed by atoms with Crippen molar-refractivity contribution >= 4 is 40.0 Å². The minimum atomic E-state index is -1.29. The van der Waals surface area contributed by atoms with E-state index in [1.54, 1.807) is 23.0 Å². The third kappa shape index (κ3) is 4.64. The maximum Gasteiger partial charge on any atom is 0.341 e. The van der Waals surface area contributed by atoms with Crippen LogP contribution < -0.4 is 20.0 Å². The first-order valence-corrected chi connectivity index (χ1v) is 14.5. The van der Waals surface area contributed by atoms with Gasteiger partial charge >= 0.3 is 5.97 Å². The lowest BCUT2D eigenvalue weighted by Gasteiger charge is -2.43. The van der Waals surface area contributed by atoms with Gasteiger partial charge in [0.15, 0.2) is 0 Å². The highest BCUT2D eigenvalue weighted by Gasteiger charge is 2.52. The van der Waals surface area contributed by atoms with Crippen molar-refractivity contribution < 1.29 is 14.6 Å². The van der Waals surface area contributed by atoms with Crippen LogP contribution in [-0.4, -0.2) is 82.4 Å². The summed E-state index contributed by atoms with van der Waals surface area (Å²) in [7, 11) is 4.14. The van der Waals surface area contributed by atoms with Gasteiger partial charge in [0.2, 0.25) is 11.3 Å². The lowest BCUT2D eigenvalue weighted by molar-refractivity contribution is 0.0695. The third-order valence-corrected chi connectivity index (χ3v) is 9.08. The highest BCUT2D eigenvalue weighted by atomic mass is 35.5. The molecule has 42 heavy (non-hydrogen) atoms. The zero-order valence-electron chi connectivity index (χ0n) is 23.4. The summed E-state index contributed by atoms with van der Waals surface area (Å²) in [5.74, 6) is 0.708. The molecular formula is C31H31ClN6O4. The van der Waals surface area contributed by atoms with Gasteiger partial charge in [-0.25, -0.2) is 14.8 Å². The van der Waals surface area contributed by atoms with Gasteiger partial charge in [0, 0.05) is 49.0 Å². The molecule has 3 aromatic heterocycles. The van der Waals surface area contributed by atoms with Crippen LogP contribution in [0, 0.1) is 5.92 Å². The van der Waals surface area contributed by atoms with Gasteiger partial charge in [0.1, 0.15) is 18.0 Å². The molecule has 216 valence electrons. The van der Waals surface area contributed by atoms with Gasteiger partial charge in [-0.05, 0) is 63.2 Å². The SMILES string of the molecule is CN(C)C1CN(c2ccc(-n3cc(C(=O)O)c(=O)c4cc(Cl)c(N5C6CC6C[C@@H]5COc5ccccn5)cc43)cn2)C1. The first-order chi connectivity index (χ1) is 20.3. The number of rotatable bonds is 8. The monoisotopic (exact) mass is 586 g/mol. The van der Waals surface area contributed by atoms with Crippen LogP contribution in [0.5, 0.6) is 5.88 Å². The molecule has 3 atom stereocenters. The van der Waals surface area contributed by atoms with Crippen molar-refractivity contribution in [3.8, 4) is 11.6 Å². The number of piperidine rings is 1. The average molecular weight is 587 g/mol. The number of carbonyl (C=O) groups is 1. The first kappa shape index (κ1) is 26.7. The Balaban J connectivity index is 1.26. The van der Waals surface area contributed by atoms with E-state index in [9.17, 15) is 14.7 Å². The van der Waals surface area contributed by atoms with Crippen LogP contribution in [0.3, 0.4) is 0 Å². The number of aromatic carboxylic acids is 1. The van der Waals surface area contributed by atoms with E-state index in [0.717, 1.165) is 37.4 Å². The summed E-state index contributed by atoms with van der Waals surface area (Å²) in [5, 5.41) is 10.5. The number of pyridine rings is 3. The molecule has 0 radical (unpaired) electrons. The summed E-state index contributed by atoms with van der Waals surface area (Å²) in [6.07, 6.45) is 6.87. The van der Waals surface area contributed by atoms with Gasteiger partial charge < -0.3 is 29.1 Å². The molecule has 7 rings (SSSR count). The first-order valence-electron chi connectivity index (χ1n) is 14.1. The molecule has 0 spiro atoms. The van der Waals surface area contributed by atoms with Gasteiger partial charge in [-0.2, -0.15) is 0 Å². The molecule has 0 bridgehead atoms. The summed E-state index contributed by atoms with van der Waals surface area (Å²) >= 11 is 6.85. The number of hydrogen-bond acceptors (Lipinski definition) is 8. The van der Waals surface area contributed by atoms with Crippen molar-refractivity contribution in [2.24, 2.45) is 5.92 Å². The Hall–Kier alpha value is -4.15. The Kier molecular flexibility index (Phi) is 6.55. The van der Waals surface area contributed by atoms with Crippen LogP contribution >= 0.6 is 11.6 Å². The zero-order valence-corrected chi connectivity index (χ0v) is 24.1. The van der Waals surface area contributed by atoms with E-state index >= 15 is 0 Å². The number of halogens is 1. The van der Waals surface area contributed by atoms with Crippen LogP contribution in [0.1, 0.15) is 23.2 Å². The maximum absolute atomic E-state index is 13.3. The van der Waals surface area contributed by atoms with E-state index < -0.39 is 11.4 Å². The molecule has 5 heterocycles. The molecule has 0 amide bonds. The number of fused-ring (bicyclic) bond motifs is 2. The molecule has 1 N–H and O–H groups in total. The maximum atomic E-state index is 13.3. The number of aromatic nitrogens is 3. The van der Waals surface area contributed by atoms with E-state index in [1.165, 1.54) is 6.20 Å². The molecule has 3 fully saturated rings. The highest BCUT2D eigenvalue weighted by molar-refractivity contribution is 6.34. The van der Waals surface area contributed by atoms with Crippen molar-refractivity contribution in [1.29, 1.82) is 0 Å². The molecule has 11 heteroatoms. The van der Waals surface area contributed by atoms with Gasteiger partial charge in [0.05, 0.1) is 34.2 Å². The lowest BCUT2D eigenvalue weighted by atomic mass is 10.1. The quantitative estimate of drug-likeness (QED) is 0.329. The number of ether oxygens (including phenoxy) is 1. The molecule has 4 aromatic rings. The van der Waals surface area contributed by atoms with E-state index in [4.69, 9.17) is 16.3 Å². The second kappa shape index (κ2) is 10.3. The molecular weight excluding hydrogens is 556 g/mol. The van der Waals surface area contributed by atoms with Gasteiger partial charge in [-0.15, -0.1) is 0 Å². The average Bonchev–Trinajstić information content (AvgIpc) is 3.62. The van der Waals surface area contributed by atoms with Crippen LogP contribution in [0.2, 0.25) is 5.02 Å². The predicted molar refractivity (Wildman–Crippen MR) is 162 cm³/mol. The minimum absolute atomic E-state index is 0.0904.